The van der Waals surface area contributed by atoms with Gasteiger partial charge in [-0.15, -0.1) is 0 Å². The number of allylic oxidation sites excluding steroid dienone is 2. The maximum atomic E-state index is 12.2. The van der Waals surface area contributed by atoms with Gasteiger partial charge in [0.2, 0.25) is 11.8 Å². The van der Waals surface area contributed by atoms with Gasteiger partial charge in [0.25, 0.3) is 0 Å². The van der Waals surface area contributed by atoms with Gasteiger partial charge in [0.05, 0.1) is 11.8 Å². The van der Waals surface area contributed by atoms with Crippen molar-refractivity contribution in [3.63, 3.8) is 0 Å². The third-order valence-electron chi connectivity index (χ3n) is 3.86. The molecule has 0 aromatic carbocycles. The number of rotatable bonds is 4. The van der Waals surface area contributed by atoms with E-state index in [4.69, 9.17) is 0 Å². The zero-order valence-electron chi connectivity index (χ0n) is 10.6. The lowest BCUT2D eigenvalue weighted by Gasteiger charge is -2.14. The molecule has 2 aliphatic rings. The maximum Gasteiger partial charge on any atom is 0.233 e. The van der Waals surface area contributed by atoms with Crippen molar-refractivity contribution in [2.24, 2.45) is 11.8 Å². The number of nitrogens with one attached hydrogen (secondary N) is 1. The fourth-order valence-electron chi connectivity index (χ4n) is 2.85. The molecular weight excluding hydrogens is 244 g/mol. The molecular formula is C13H16N4O2. The van der Waals surface area contributed by atoms with Crippen molar-refractivity contribution in [1.82, 2.24) is 20.1 Å². The highest BCUT2D eigenvalue weighted by atomic mass is 16.2. The Bertz CT molecular complexity index is 483. The molecule has 1 saturated heterocycles. The molecule has 0 spiro atoms. The molecule has 100 valence electrons. The first-order valence-electron chi connectivity index (χ1n) is 6.62. The highest BCUT2D eigenvalue weighted by Gasteiger charge is 2.46. The van der Waals surface area contributed by atoms with Crippen LogP contribution in [0, 0.1) is 11.8 Å². The Morgan fingerprint density at radius 1 is 1.21 bits per heavy atom. The Morgan fingerprint density at radius 2 is 1.89 bits per heavy atom. The number of carbonyl (C=O) groups excluding carboxylic acids is 2. The molecule has 1 aromatic heterocycles. The van der Waals surface area contributed by atoms with Gasteiger partial charge in [-0.1, -0.05) is 12.2 Å². The van der Waals surface area contributed by atoms with E-state index in [0.717, 1.165) is 12.2 Å². The average Bonchev–Trinajstić information content (AvgIpc) is 3.02. The fraction of sp³-hybridized carbons (Fsp3) is 0.538. The second kappa shape index (κ2) is 4.95. The van der Waals surface area contributed by atoms with Gasteiger partial charge in [-0.2, -0.15) is 5.10 Å². The number of imide groups is 1. The van der Waals surface area contributed by atoms with Gasteiger partial charge in [0.15, 0.2) is 0 Å². The second-order valence-electron chi connectivity index (χ2n) is 5.02. The van der Waals surface area contributed by atoms with Crippen molar-refractivity contribution in [1.29, 1.82) is 0 Å². The number of aromatic nitrogens is 3. The molecule has 0 bridgehead atoms. The number of hydrogen-bond donors (Lipinski definition) is 1. The van der Waals surface area contributed by atoms with Crippen LogP contribution < -0.4 is 0 Å². The number of amides is 2. The molecule has 1 aliphatic heterocycles. The van der Waals surface area contributed by atoms with Crippen LogP contribution in [0.3, 0.4) is 0 Å². The predicted octanol–water partition coefficient (Wildman–Crippen LogP) is 0.688. The number of nitrogens with zero attached hydrogens (tertiary/aromatic N) is 3. The molecule has 0 radical (unpaired) electrons. The van der Waals surface area contributed by atoms with Crippen molar-refractivity contribution in [3.8, 4) is 0 Å². The molecule has 6 heteroatoms. The Kier molecular flexibility index (Phi) is 3.15. The first-order chi connectivity index (χ1) is 9.27. The first-order valence-corrected chi connectivity index (χ1v) is 6.62. The Balaban J connectivity index is 1.59. The van der Waals surface area contributed by atoms with Crippen LogP contribution in [0.25, 0.3) is 0 Å². The molecule has 1 aromatic rings. The minimum absolute atomic E-state index is 0.00285. The van der Waals surface area contributed by atoms with Crippen LogP contribution in [0.5, 0.6) is 0 Å². The summed E-state index contributed by atoms with van der Waals surface area (Å²) in [7, 11) is 0. The summed E-state index contributed by atoms with van der Waals surface area (Å²) in [5, 5.41) is 6.54. The van der Waals surface area contributed by atoms with Crippen molar-refractivity contribution in [3.05, 3.63) is 24.3 Å². The lowest BCUT2D eigenvalue weighted by Crippen LogP contribution is -2.32. The van der Waals surface area contributed by atoms with Gasteiger partial charge in [-0.05, 0) is 19.3 Å². The third kappa shape index (κ3) is 2.18. The van der Waals surface area contributed by atoms with Gasteiger partial charge in [-0.3, -0.25) is 19.6 Å². The predicted molar refractivity (Wildman–Crippen MR) is 66.8 cm³/mol. The summed E-state index contributed by atoms with van der Waals surface area (Å²) in [4.78, 5) is 29.8. The Labute approximate surface area is 110 Å². The molecule has 2 heterocycles. The molecule has 6 nitrogen and oxygen atoms in total. The summed E-state index contributed by atoms with van der Waals surface area (Å²) >= 11 is 0. The van der Waals surface area contributed by atoms with Gasteiger partial charge >= 0.3 is 0 Å². The van der Waals surface area contributed by atoms with Crippen LogP contribution in [-0.4, -0.2) is 38.4 Å². The largest absolute Gasteiger partial charge is 0.282 e. The second-order valence-corrected chi connectivity index (χ2v) is 5.02. The summed E-state index contributed by atoms with van der Waals surface area (Å²) in [5.74, 6) is 0.539. The van der Waals surface area contributed by atoms with Crippen LogP contribution in [0.15, 0.2) is 18.5 Å². The van der Waals surface area contributed by atoms with E-state index in [-0.39, 0.29) is 23.7 Å². The number of likely N-dealkylation sites (tertiary alicyclic amines) is 1. The quantitative estimate of drug-likeness (QED) is 0.638. The monoisotopic (exact) mass is 260 g/mol. The number of aryl methyl sites for hydroxylation is 1. The molecule has 2 amide bonds. The van der Waals surface area contributed by atoms with E-state index in [1.54, 1.807) is 0 Å². The minimum atomic E-state index is -0.122. The zero-order chi connectivity index (χ0) is 13.2. The van der Waals surface area contributed by atoms with E-state index in [1.807, 2.05) is 12.2 Å². The lowest BCUT2D eigenvalue weighted by atomic mass is 9.85. The topological polar surface area (TPSA) is 79.0 Å². The molecule has 1 aliphatic carbocycles. The number of carbonyl (C=O) groups is 2. The van der Waals surface area contributed by atoms with Gasteiger partial charge in [0.1, 0.15) is 12.2 Å². The summed E-state index contributed by atoms with van der Waals surface area (Å²) in [6.45, 7) is 0.478. The summed E-state index contributed by atoms with van der Waals surface area (Å²) in [5.41, 5.74) is 0. The molecule has 1 N–H and O–H groups in total. The molecule has 3 rings (SSSR count). The van der Waals surface area contributed by atoms with E-state index in [0.29, 0.717) is 25.8 Å². The van der Waals surface area contributed by atoms with Crippen molar-refractivity contribution in [2.75, 3.05) is 6.54 Å². The lowest BCUT2D eigenvalue weighted by molar-refractivity contribution is -0.139. The number of fused-ring (bicyclic) bond motifs is 1. The van der Waals surface area contributed by atoms with Crippen LogP contribution in [0.2, 0.25) is 0 Å². The van der Waals surface area contributed by atoms with Crippen LogP contribution in [0.1, 0.15) is 25.1 Å². The molecule has 1 fully saturated rings. The van der Waals surface area contributed by atoms with Crippen LogP contribution >= 0.6 is 0 Å². The first kappa shape index (κ1) is 12.1. The van der Waals surface area contributed by atoms with E-state index >= 15 is 0 Å². The van der Waals surface area contributed by atoms with Crippen molar-refractivity contribution >= 4 is 11.8 Å². The standard InChI is InChI=1S/C13H16N4O2/c18-12-9-4-1-2-5-10(9)13(19)17(12)7-3-6-11-14-8-15-16-11/h1-2,8-10H,3-7H2,(H,14,15,16)/t9-,10+. The summed E-state index contributed by atoms with van der Waals surface area (Å²) in [6, 6.07) is 0. The third-order valence-corrected chi connectivity index (χ3v) is 3.86. The number of hydrogen-bond acceptors (Lipinski definition) is 4. The Morgan fingerprint density at radius 3 is 2.47 bits per heavy atom. The molecule has 0 unspecified atom stereocenters. The average molecular weight is 260 g/mol. The molecule has 0 saturated carbocycles. The van der Waals surface area contributed by atoms with E-state index in [2.05, 4.69) is 15.2 Å². The SMILES string of the molecule is O=C1[C@H]2CC=CC[C@H]2C(=O)N1CCCc1ncn[nH]1. The fourth-order valence-corrected chi connectivity index (χ4v) is 2.85. The molecule has 19 heavy (non-hydrogen) atoms. The highest BCUT2D eigenvalue weighted by molar-refractivity contribution is 6.05. The Hall–Kier alpha value is -1.98. The summed E-state index contributed by atoms with van der Waals surface area (Å²) in [6.07, 6.45) is 8.29. The highest BCUT2D eigenvalue weighted by Crippen LogP contribution is 2.34. The number of H-pyrrole nitrogens is 1. The van der Waals surface area contributed by atoms with Crippen LogP contribution in [0.4, 0.5) is 0 Å². The zero-order valence-corrected chi connectivity index (χ0v) is 10.6. The summed E-state index contributed by atoms with van der Waals surface area (Å²) < 4.78 is 0. The normalized spacial score (nSPS) is 26.0. The van der Waals surface area contributed by atoms with E-state index < -0.39 is 0 Å². The van der Waals surface area contributed by atoms with Gasteiger partial charge in [0, 0.05) is 13.0 Å². The van der Waals surface area contributed by atoms with Crippen molar-refractivity contribution < 1.29 is 9.59 Å². The smallest absolute Gasteiger partial charge is 0.233 e. The van der Waals surface area contributed by atoms with Crippen molar-refractivity contribution in [2.45, 2.75) is 25.7 Å². The number of aromatic amines is 1. The van der Waals surface area contributed by atoms with E-state index in [1.165, 1.54) is 11.2 Å². The van der Waals surface area contributed by atoms with Gasteiger partial charge in [-0.25, -0.2) is 4.98 Å². The van der Waals surface area contributed by atoms with Crippen LogP contribution in [-0.2, 0) is 16.0 Å². The maximum absolute atomic E-state index is 12.2. The van der Waals surface area contributed by atoms with E-state index in [9.17, 15) is 9.59 Å². The minimum Gasteiger partial charge on any atom is -0.282 e. The molecule has 2 atom stereocenters. The van der Waals surface area contributed by atoms with Gasteiger partial charge < -0.3 is 0 Å².